The lowest BCUT2D eigenvalue weighted by atomic mass is 9.93. The highest BCUT2D eigenvalue weighted by Crippen LogP contribution is 2.35. The van der Waals surface area contributed by atoms with Crippen LogP contribution in [0.1, 0.15) is 31.5 Å². The number of nitrogens with zero attached hydrogens (tertiary/aromatic N) is 2. The van der Waals surface area contributed by atoms with Crippen LogP contribution in [-0.4, -0.2) is 18.1 Å². The Balaban J connectivity index is 2.38. The van der Waals surface area contributed by atoms with Gasteiger partial charge in [0.25, 0.3) is 0 Å². The molecule has 1 saturated heterocycles. The number of alkyl halides is 3. The quantitative estimate of drug-likeness (QED) is 0.901. The maximum absolute atomic E-state index is 12.7. The van der Waals surface area contributed by atoms with Crippen LogP contribution in [0.25, 0.3) is 0 Å². The maximum atomic E-state index is 12.7. The highest BCUT2D eigenvalue weighted by molar-refractivity contribution is 5.49. The van der Waals surface area contributed by atoms with Gasteiger partial charge in [0.2, 0.25) is 0 Å². The van der Waals surface area contributed by atoms with Crippen molar-refractivity contribution in [2.24, 2.45) is 11.1 Å². The zero-order chi connectivity index (χ0) is 14.3. The third-order valence-electron chi connectivity index (χ3n) is 3.44. The van der Waals surface area contributed by atoms with E-state index in [9.17, 15) is 13.2 Å². The van der Waals surface area contributed by atoms with Gasteiger partial charge in [-0.05, 0) is 17.9 Å². The zero-order valence-corrected chi connectivity index (χ0v) is 11.1. The smallest absolute Gasteiger partial charge is 0.356 e. The van der Waals surface area contributed by atoms with E-state index >= 15 is 0 Å². The molecule has 106 valence electrons. The summed E-state index contributed by atoms with van der Waals surface area (Å²) in [7, 11) is 0. The Hall–Kier alpha value is -1.30. The first-order chi connectivity index (χ1) is 8.73. The molecule has 1 aliphatic rings. The van der Waals surface area contributed by atoms with Crippen LogP contribution in [0.2, 0.25) is 0 Å². The number of halogens is 3. The van der Waals surface area contributed by atoms with E-state index in [1.165, 1.54) is 6.07 Å². The van der Waals surface area contributed by atoms with E-state index in [1.807, 2.05) is 4.90 Å². The molecule has 0 aliphatic carbocycles. The Kier molecular flexibility index (Phi) is 3.47. The molecule has 0 bridgehead atoms. The number of hydrogen-bond donors (Lipinski definition) is 1. The lowest BCUT2D eigenvalue weighted by Crippen LogP contribution is -2.26. The molecule has 1 aromatic rings. The van der Waals surface area contributed by atoms with Gasteiger partial charge in [-0.2, -0.15) is 13.2 Å². The van der Waals surface area contributed by atoms with Crippen molar-refractivity contribution >= 4 is 5.82 Å². The maximum Gasteiger partial charge on any atom is 0.433 e. The number of anilines is 1. The predicted molar refractivity (Wildman–Crippen MR) is 67.7 cm³/mol. The number of nitrogens with two attached hydrogens (primary N) is 1. The molecule has 0 amide bonds. The minimum atomic E-state index is -4.42. The molecule has 0 radical (unpaired) electrons. The van der Waals surface area contributed by atoms with Crippen LogP contribution in [0.4, 0.5) is 19.0 Å². The minimum Gasteiger partial charge on any atom is -0.356 e. The summed E-state index contributed by atoms with van der Waals surface area (Å²) in [5, 5.41) is 0. The molecule has 0 aromatic carbocycles. The molecule has 1 fully saturated rings. The average molecular weight is 273 g/mol. The number of rotatable bonds is 2. The fourth-order valence-electron chi connectivity index (χ4n) is 2.36. The van der Waals surface area contributed by atoms with Gasteiger partial charge in [-0.25, -0.2) is 4.98 Å². The normalized spacial score (nSPS) is 18.9. The van der Waals surface area contributed by atoms with Crippen molar-refractivity contribution in [3.05, 3.63) is 23.4 Å². The third kappa shape index (κ3) is 3.00. The second-order valence-electron chi connectivity index (χ2n) is 5.72. The van der Waals surface area contributed by atoms with E-state index in [2.05, 4.69) is 18.8 Å². The molecule has 0 saturated carbocycles. The fourth-order valence-corrected chi connectivity index (χ4v) is 2.36. The van der Waals surface area contributed by atoms with Gasteiger partial charge in [0.15, 0.2) is 0 Å². The molecular formula is C13H18F3N3. The van der Waals surface area contributed by atoms with Gasteiger partial charge in [0.05, 0.1) is 0 Å². The Morgan fingerprint density at radius 1 is 1.37 bits per heavy atom. The highest BCUT2D eigenvalue weighted by atomic mass is 19.4. The molecule has 19 heavy (non-hydrogen) atoms. The standard InChI is InChI=1S/C13H18F3N3/c1-12(2)5-6-19(8-12)11-9(7-17)3-4-10(18-11)13(14,15)16/h3-4H,5-8,17H2,1-2H3. The first kappa shape index (κ1) is 14.1. The van der Waals surface area contributed by atoms with Crippen LogP contribution >= 0.6 is 0 Å². The largest absolute Gasteiger partial charge is 0.433 e. The summed E-state index contributed by atoms with van der Waals surface area (Å²) < 4.78 is 38.2. The van der Waals surface area contributed by atoms with E-state index in [4.69, 9.17) is 5.73 Å². The van der Waals surface area contributed by atoms with Gasteiger partial charge in [-0.1, -0.05) is 19.9 Å². The summed E-state index contributed by atoms with van der Waals surface area (Å²) >= 11 is 0. The SMILES string of the molecule is CC1(C)CCN(c2nc(C(F)(F)F)ccc2CN)C1. The van der Waals surface area contributed by atoms with Crippen molar-refractivity contribution in [3.63, 3.8) is 0 Å². The fraction of sp³-hybridized carbons (Fsp3) is 0.615. The van der Waals surface area contributed by atoms with Gasteiger partial charge >= 0.3 is 6.18 Å². The molecule has 0 unspecified atom stereocenters. The second-order valence-corrected chi connectivity index (χ2v) is 5.72. The summed E-state index contributed by atoms with van der Waals surface area (Å²) in [5.41, 5.74) is 5.50. The van der Waals surface area contributed by atoms with Crippen LogP contribution in [-0.2, 0) is 12.7 Å². The average Bonchev–Trinajstić information content (AvgIpc) is 2.67. The highest BCUT2D eigenvalue weighted by Gasteiger charge is 2.35. The second kappa shape index (κ2) is 4.67. The molecule has 0 atom stereocenters. The van der Waals surface area contributed by atoms with E-state index in [0.29, 0.717) is 24.5 Å². The Labute approximate surface area is 110 Å². The van der Waals surface area contributed by atoms with Crippen molar-refractivity contribution in [3.8, 4) is 0 Å². The van der Waals surface area contributed by atoms with Gasteiger partial charge < -0.3 is 10.6 Å². The lowest BCUT2D eigenvalue weighted by molar-refractivity contribution is -0.141. The summed E-state index contributed by atoms with van der Waals surface area (Å²) in [6.07, 6.45) is -3.48. The van der Waals surface area contributed by atoms with Crippen LogP contribution < -0.4 is 10.6 Å². The van der Waals surface area contributed by atoms with Crippen molar-refractivity contribution in [2.45, 2.75) is 33.0 Å². The molecule has 2 heterocycles. The molecule has 6 heteroatoms. The molecule has 3 nitrogen and oxygen atoms in total. The van der Waals surface area contributed by atoms with Gasteiger partial charge in [-0.3, -0.25) is 0 Å². The minimum absolute atomic E-state index is 0.0990. The Bertz CT molecular complexity index is 469. The van der Waals surface area contributed by atoms with Crippen molar-refractivity contribution in [1.82, 2.24) is 4.98 Å². The molecule has 1 aromatic heterocycles. The molecule has 2 N–H and O–H groups in total. The first-order valence-corrected chi connectivity index (χ1v) is 6.25. The number of pyridine rings is 1. The summed E-state index contributed by atoms with van der Waals surface area (Å²) in [4.78, 5) is 5.68. The topological polar surface area (TPSA) is 42.2 Å². The van der Waals surface area contributed by atoms with Gasteiger partial charge in [0.1, 0.15) is 11.5 Å². The van der Waals surface area contributed by atoms with Gasteiger partial charge in [-0.15, -0.1) is 0 Å². The van der Waals surface area contributed by atoms with Crippen LogP contribution in [0, 0.1) is 5.41 Å². The van der Waals surface area contributed by atoms with E-state index < -0.39 is 11.9 Å². The summed E-state index contributed by atoms with van der Waals surface area (Å²) in [5.74, 6) is 0.378. The first-order valence-electron chi connectivity index (χ1n) is 6.25. The molecular weight excluding hydrogens is 255 g/mol. The summed E-state index contributed by atoms with van der Waals surface area (Å²) in [6.45, 7) is 5.81. The van der Waals surface area contributed by atoms with Crippen molar-refractivity contribution < 1.29 is 13.2 Å². The van der Waals surface area contributed by atoms with E-state index in [-0.39, 0.29) is 12.0 Å². The predicted octanol–water partition coefficient (Wildman–Crippen LogP) is 2.80. The molecule has 1 aliphatic heterocycles. The Morgan fingerprint density at radius 3 is 2.53 bits per heavy atom. The third-order valence-corrected chi connectivity index (χ3v) is 3.44. The summed E-state index contributed by atoms with van der Waals surface area (Å²) in [6, 6.07) is 2.42. The van der Waals surface area contributed by atoms with Gasteiger partial charge in [0, 0.05) is 25.2 Å². The monoisotopic (exact) mass is 273 g/mol. The number of hydrogen-bond acceptors (Lipinski definition) is 3. The van der Waals surface area contributed by atoms with Crippen molar-refractivity contribution in [1.29, 1.82) is 0 Å². The number of aromatic nitrogens is 1. The Morgan fingerprint density at radius 2 is 2.05 bits per heavy atom. The van der Waals surface area contributed by atoms with Crippen LogP contribution in [0.15, 0.2) is 12.1 Å². The lowest BCUT2D eigenvalue weighted by Gasteiger charge is -2.23. The molecule has 2 rings (SSSR count). The van der Waals surface area contributed by atoms with E-state index in [1.54, 1.807) is 0 Å². The van der Waals surface area contributed by atoms with Crippen molar-refractivity contribution in [2.75, 3.05) is 18.0 Å². The zero-order valence-electron chi connectivity index (χ0n) is 11.1. The van der Waals surface area contributed by atoms with Crippen LogP contribution in [0.5, 0.6) is 0 Å². The van der Waals surface area contributed by atoms with Crippen LogP contribution in [0.3, 0.4) is 0 Å². The van der Waals surface area contributed by atoms with E-state index in [0.717, 1.165) is 12.5 Å². The molecule has 0 spiro atoms.